The van der Waals surface area contributed by atoms with Crippen LogP contribution in [0.1, 0.15) is 24.4 Å². The minimum atomic E-state index is -0.976. The standard InChI is InChI=1S/C34H35N7O4/c42-32(23-40-31-10-4-3-9-30(31)37-38-40)41(27-20-25-6-1-2-8-29(25)35-21-27)33(34(43)36-22-28-7-5-17-45-28)24-11-13-26(14-12-24)39-15-18-44-19-16-39/h1-4,6,8-14,20-21,28,33H,5,7,15-19,22-23H2,(H,36,43)/t28-,33+/m0/s1. The minimum absolute atomic E-state index is 0.0497. The smallest absolute Gasteiger partial charge is 0.249 e. The zero-order valence-corrected chi connectivity index (χ0v) is 24.9. The summed E-state index contributed by atoms with van der Waals surface area (Å²) in [5, 5.41) is 12.4. The zero-order valence-electron chi connectivity index (χ0n) is 24.9. The summed E-state index contributed by atoms with van der Waals surface area (Å²) in [6.45, 7) is 3.87. The van der Waals surface area contributed by atoms with E-state index in [1.807, 2.05) is 78.9 Å². The van der Waals surface area contributed by atoms with Crippen LogP contribution in [0.4, 0.5) is 11.4 Å². The van der Waals surface area contributed by atoms with Gasteiger partial charge in [-0.05, 0) is 54.8 Å². The van der Waals surface area contributed by atoms with Crippen molar-refractivity contribution in [2.75, 3.05) is 49.3 Å². The maximum absolute atomic E-state index is 14.5. The highest BCUT2D eigenvalue weighted by molar-refractivity contribution is 6.02. The quantitative estimate of drug-likeness (QED) is 0.269. The van der Waals surface area contributed by atoms with Gasteiger partial charge in [-0.15, -0.1) is 5.10 Å². The highest BCUT2D eigenvalue weighted by Crippen LogP contribution is 2.32. The van der Waals surface area contributed by atoms with E-state index in [9.17, 15) is 9.59 Å². The van der Waals surface area contributed by atoms with Gasteiger partial charge in [0, 0.05) is 37.3 Å². The molecule has 2 aromatic heterocycles. The lowest BCUT2D eigenvalue weighted by Crippen LogP contribution is -2.46. The van der Waals surface area contributed by atoms with Crippen LogP contribution in [0.2, 0.25) is 0 Å². The molecule has 230 valence electrons. The van der Waals surface area contributed by atoms with Crippen LogP contribution in [0.15, 0.2) is 85.1 Å². The molecule has 1 N–H and O–H groups in total. The lowest BCUT2D eigenvalue weighted by molar-refractivity contribution is -0.127. The number of ether oxygens (including phenoxy) is 2. The molecule has 11 nitrogen and oxygen atoms in total. The number of amides is 2. The number of benzene rings is 3. The molecule has 11 heteroatoms. The number of rotatable bonds is 9. The second kappa shape index (κ2) is 13.0. The third-order valence-corrected chi connectivity index (χ3v) is 8.45. The lowest BCUT2D eigenvalue weighted by atomic mass is 10.0. The van der Waals surface area contributed by atoms with Crippen molar-refractivity contribution >= 4 is 45.1 Å². The maximum atomic E-state index is 14.5. The van der Waals surface area contributed by atoms with Crippen LogP contribution in [0.5, 0.6) is 0 Å². The number of morpholine rings is 1. The van der Waals surface area contributed by atoms with E-state index in [0.717, 1.165) is 48.0 Å². The molecule has 2 amide bonds. The average Bonchev–Trinajstić information content (AvgIpc) is 3.77. The molecule has 2 aliphatic rings. The fourth-order valence-corrected chi connectivity index (χ4v) is 6.09. The Morgan fingerprint density at radius 3 is 2.53 bits per heavy atom. The Morgan fingerprint density at radius 1 is 0.956 bits per heavy atom. The van der Waals surface area contributed by atoms with Crippen molar-refractivity contribution in [3.63, 3.8) is 0 Å². The summed E-state index contributed by atoms with van der Waals surface area (Å²) in [7, 11) is 0. The molecule has 2 aliphatic heterocycles. The topological polar surface area (TPSA) is 115 Å². The summed E-state index contributed by atoms with van der Waals surface area (Å²) in [5.41, 5.74) is 4.45. The fourth-order valence-electron chi connectivity index (χ4n) is 6.09. The first-order valence-electron chi connectivity index (χ1n) is 15.4. The van der Waals surface area contributed by atoms with Gasteiger partial charge in [-0.3, -0.25) is 19.5 Å². The number of anilines is 2. The first-order chi connectivity index (χ1) is 22.1. The fraction of sp³-hybridized carbons (Fsp3) is 0.324. The largest absolute Gasteiger partial charge is 0.378 e. The number of para-hydroxylation sites is 2. The van der Waals surface area contributed by atoms with Crippen LogP contribution in [0.3, 0.4) is 0 Å². The normalized spacial score (nSPS) is 17.4. The van der Waals surface area contributed by atoms with Crippen molar-refractivity contribution < 1.29 is 19.1 Å². The van der Waals surface area contributed by atoms with E-state index in [4.69, 9.17) is 9.47 Å². The molecule has 3 aromatic carbocycles. The lowest BCUT2D eigenvalue weighted by Gasteiger charge is -2.33. The van der Waals surface area contributed by atoms with Gasteiger partial charge in [0.1, 0.15) is 18.1 Å². The Morgan fingerprint density at radius 2 is 1.73 bits per heavy atom. The molecule has 0 bridgehead atoms. The zero-order chi connectivity index (χ0) is 30.6. The summed E-state index contributed by atoms with van der Waals surface area (Å²) in [6.07, 6.45) is 3.45. The molecule has 0 aliphatic carbocycles. The molecule has 0 radical (unpaired) electrons. The van der Waals surface area contributed by atoms with Crippen LogP contribution >= 0.6 is 0 Å². The summed E-state index contributed by atoms with van der Waals surface area (Å²) < 4.78 is 12.9. The first-order valence-corrected chi connectivity index (χ1v) is 15.4. The highest BCUT2D eigenvalue weighted by Gasteiger charge is 2.34. The first kappa shape index (κ1) is 28.9. The predicted octanol–water partition coefficient (Wildman–Crippen LogP) is 3.89. The van der Waals surface area contributed by atoms with Crippen molar-refractivity contribution in [2.24, 2.45) is 0 Å². The maximum Gasteiger partial charge on any atom is 0.249 e. The predicted molar refractivity (Wildman–Crippen MR) is 171 cm³/mol. The molecule has 0 unspecified atom stereocenters. The molecule has 7 rings (SSSR count). The van der Waals surface area contributed by atoms with E-state index in [1.165, 1.54) is 0 Å². The van der Waals surface area contributed by atoms with Gasteiger partial charge in [-0.25, -0.2) is 4.68 Å². The number of hydrogen-bond donors (Lipinski definition) is 1. The summed E-state index contributed by atoms with van der Waals surface area (Å²) in [5.74, 6) is -0.619. The van der Waals surface area contributed by atoms with E-state index in [2.05, 4.69) is 25.5 Å². The van der Waals surface area contributed by atoms with Gasteiger partial charge >= 0.3 is 0 Å². The van der Waals surface area contributed by atoms with Crippen LogP contribution in [0.25, 0.3) is 21.9 Å². The summed E-state index contributed by atoms with van der Waals surface area (Å²) >= 11 is 0. The van der Waals surface area contributed by atoms with Gasteiger partial charge < -0.3 is 19.7 Å². The Labute approximate surface area is 260 Å². The van der Waals surface area contributed by atoms with E-state index in [1.54, 1.807) is 15.8 Å². The van der Waals surface area contributed by atoms with Gasteiger partial charge in [0.25, 0.3) is 0 Å². The highest BCUT2D eigenvalue weighted by atomic mass is 16.5. The SMILES string of the molecule is O=C(NC[C@@H]1CCCO1)[C@@H](c1ccc(N2CCOCC2)cc1)N(C(=O)Cn1nnc2ccccc21)c1cnc2ccccc2c1. The monoisotopic (exact) mass is 605 g/mol. The third-order valence-electron chi connectivity index (χ3n) is 8.45. The van der Waals surface area contributed by atoms with Gasteiger partial charge in [0.05, 0.1) is 42.2 Å². The number of hydrogen-bond acceptors (Lipinski definition) is 8. The molecule has 45 heavy (non-hydrogen) atoms. The molecule has 5 aromatic rings. The second-order valence-electron chi connectivity index (χ2n) is 11.4. The van der Waals surface area contributed by atoms with E-state index >= 15 is 0 Å². The summed E-state index contributed by atoms with van der Waals surface area (Å²) in [4.78, 5) is 37.2. The second-order valence-corrected chi connectivity index (χ2v) is 11.4. The number of nitrogens with zero attached hydrogens (tertiary/aromatic N) is 6. The van der Waals surface area contributed by atoms with Gasteiger partial charge in [-0.1, -0.05) is 47.7 Å². The average molecular weight is 606 g/mol. The molecule has 0 spiro atoms. The Bertz CT molecular complexity index is 1800. The van der Waals surface area contributed by atoms with Crippen molar-refractivity contribution in [3.8, 4) is 0 Å². The van der Waals surface area contributed by atoms with Gasteiger partial charge in [-0.2, -0.15) is 0 Å². The molecule has 0 saturated carbocycles. The van der Waals surface area contributed by atoms with E-state index in [0.29, 0.717) is 43.1 Å². The van der Waals surface area contributed by atoms with Gasteiger partial charge in [0.15, 0.2) is 0 Å². The number of fused-ring (bicyclic) bond motifs is 2. The minimum Gasteiger partial charge on any atom is -0.378 e. The number of carbonyl (C=O) groups excluding carboxylic acids is 2. The third kappa shape index (κ3) is 6.22. The van der Waals surface area contributed by atoms with E-state index < -0.39 is 6.04 Å². The molecule has 2 saturated heterocycles. The number of carbonyl (C=O) groups is 2. The number of pyridine rings is 1. The Hall–Kier alpha value is -4.87. The van der Waals surface area contributed by atoms with Crippen molar-refractivity contribution in [1.82, 2.24) is 25.3 Å². The van der Waals surface area contributed by atoms with Crippen LogP contribution in [-0.2, 0) is 25.6 Å². The van der Waals surface area contributed by atoms with E-state index in [-0.39, 0.29) is 24.5 Å². The molecule has 2 fully saturated rings. The molecule has 2 atom stereocenters. The molecular formula is C34H35N7O4. The van der Waals surface area contributed by atoms with Crippen molar-refractivity contribution in [1.29, 1.82) is 0 Å². The molecular weight excluding hydrogens is 570 g/mol. The number of nitrogens with one attached hydrogen (secondary N) is 1. The van der Waals surface area contributed by atoms with Crippen LogP contribution in [0, 0.1) is 0 Å². The van der Waals surface area contributed by atoms with Gasteiger partial charge in [0.2, 0.25) is 11.8 Å². The van der Waals surface area contributed by atoms with Crippen LogP contribution < -0.4 is 15.1 Å². The van der Waals surface area contributed by atoms with Crippen LogP contribution in [-0.4, -0.2) is 77.4 Å². The Balaban J connectivity index is 1.29. The number of aromatic nitrogens is 4. The van der Waals surface area contributed by atoms with Crippen molar-refractivity contribution in [3.05, 3.63) is 90.6 Å². The van der Waals surface area contributed by atoms with Crippen molar-refractivity contribution in [2.45, 2.75) is 31.5 Å². The Kier molecular flexibility index (Phi) is 8.35. The summed E-state index contributed by atoms with van der Waals surface area (Å²) in [6, 6.07) is 24.0. The molecule has 4 heterocycles.